The SMILES string of the molecule is CC1CCCN(c2ccc(Nc3ncc(C(F)(F)F)c(N4CC[C@@H](O)C4)n3)cc2)C1. The minimum absolute atomic E-state index is 0.0961. The van der Waals surface area contributed by atoms with E-state index < -0.39 is 17.8 Å². The van der Waals surface area contributed by atoms with Gasteiger partial charge in [-0.05, 0) is 49.4 Å². The van der Waals surface area contributed by atoms with Gasteiger partial charge in [0.15, 0.2) is 0 Å². The summed E-state index contributed by atoms with van der Waals surface area (Å²) < 4.78 is 40.2. The zero-order valence-corrected chi connectivity index (χ0v) is 16.9. The van der Waals surface area contributed by atoms with E-state index in [1.54, 1.807) is 0 Å². The largest absolute Gasteiger partial charge is 0.421 e. The standard InChI is InChI=1S/C21H26F3N5O/c1-14-3-2-9-28(12-14)16-6-4-15(5-7-16)26-20-25-11-18(21(22,23)24)19(27-20)29-10-8-17(30)13-29/h4-7,11,14,17,30H,2-3,8-10,12-13H2,1H3,(H,25,26,27)/t14?,17-/m1/s1. The Morgan fingerprint density at radius 1 is 1.07 bits per heavy atom. The van der Waals surface area contributed by atoms with Crippen LogP contribution in [0.25, 0.3) is 0 Å². The summed E-state index contributed by atoms with van der Waals surface area (Å²) in [5.74, 6) is 0.564. The zero-order chi connectivity index (χ0) is 21.3. The van der Waals surface area contributed by atoms with Crippen LogP contribution in [0, 0.1) is 5.92 Å². The number of anilines is 4. The summed E-state index contributed by atoms with van der Waals surface area (Å²) >= 11 is 0. The van der Waals surface area contributed by atoms with E-state index in [2.05, 4.69) is 27.1 Å². The van der Waals surface area contributed by atoms with E-state index in [0.717, 1.165) is 25.0 Å². The fraction of sp³-hybridized carbons (Fsp3) is 0.524. The second-order valence-electron chi connectivity index (χ2n) is 8.18. The molecule has 2 saturated heterocycles. The van der Waals surface area contributed by atoms with Crippen molar-refractivity contribution < 1.29 is 18.3 Å². The number of nitrogens with one attached hydrogen (secondary N) is 1. The first-order valence-corrected chi connectivity index (χ1v) is 10.3. The molecular formula is C21H26F3N5O. The van der Waals surface area contributed by atoms with Crippen LogP contribution in [0.2, 0.25) is 0 Å². The van der Waals surface area contributed by atoms with Gasteiger partial charge in [0, 0.05) is 43.8 Å². The highest BCUT2D eigenvalue weighted by atomic mass is 19.4. The zero-order valence-electron chi connectivity index (χ0n) is 16.9. The maximum Gasteiger partial charge on any atom is 0.421 e. The molecule has 0 spiro atoms. The van der Waals surface area contributed by atoms with Gasteiger partial charge >= 0.3 is 6.18 Å². The Balaban J connectivity index is 1.53. The summed E-state index contributed by atoms with van der Waals surface area (Å²) in [4.78, 5) is 11.8. The smallest absolute Gasteiger partial charge is 0.391 e. The molecule has 4 rings (SSSR count). The van der Waals surface area contributed by atoms with E-state index in [0.29, 0.717) is 24.6 Å². The summed E-state index contributed by atoms with van der Waals surface area (Å²) in [6.45, 7) is 4.76. The van der Waals surface area contributed by atoms with Crippen LogP contribution in [0.15, 0.2) is 30.5 Å². The molecule has 0 bridgehead atoms. The number of hydrogen-bond donors (Lipinski definition) is 2. The second-order valence-corrected chi connectivity index (χ2v) is 8.18. The molecular weight excluding hydrogens is 395 g/mol. The molecule has 2 fully saturated rings. The number of aliphatic hydroxyl groups is 1. The summed E-state index contributed by atoms with van der Waals surface area (Å²) in [5, 5.41) is 12.7. The molecule has 1 unspecified atom stereocenters. The molecule has 2 aliphatic rings. The van der Waals surface area contributed by atoms with Crippen LogP contribution >= 0.6 is 0 Å². The lowest BCUT2D eigenvalue weighted by Crippen LogP contribution is -2.34. The number of aromatic nitrogens is 2. The average molecular weight is 421 g/mol. The van der Waals surface area contributed by atoms with E-state index in [4.69, 9.17) is 0 Å². The third-order valence-electron chi connectivity index (χ3n) is 5.68. The second kappa shape index (κ2) is 8.29. The van der Waals surface area contributed by atoms with Crippen LogP contribution in [0.4, 0.5) is 36.3 Å². The van der Waals surface area contributed by atoms with Crippen LogP contribution in [-0.2, 0) is 6.18 Å². The Morgan fingerprint density at radius 3 is 2.47 bits per heavy atom. The number of hydrogen-bond acceptors (Lipinski definition) is 6. The molecule has 2 N–H and O–H groups in total. The van der Waals surface area contributed by atoms with Gasteiger partial charge in [-0.1, -0.05) is 6.92 Å². The molecule has 6 nitrogen and oxygen atoms in total. The van der Waals surface area contributed by atoms with Crippen molar-refractivity contribution in [1.29, 1.82) is 0 Å². The van der Waals surface area contributed by atoms with Crippen LogP contribution in [0.5, 0.6) is 0 Å². The minimum Gasteiger partial charge on any atom is -0.391 e. The number of rotatable bonds is 4. The Labute approximate surface area is 173 Å². The molecule has 3 heterocycles. The molecule has 0 radical (unpaired) electrons. The number of aliphatic hydroxyl groups excluding tert-OH is 1. The van der Waals surface area contributed by atoms with Crippen molar-refractivity contribution in [2.24, 2.45) is 5.92 Å². The molecule has 2 aromatic rings. The van der Waals surface area contributed by atoms with E-state index >= 15 is 0 Å². The van der Waals surface area contributed by atoms with Gasteiger partial charge in [0.05, 0.1) is 6.10 Å². The van der Waals surface area contributed by atoms with Gasteiger partial charge in [0.25, 0.3) is 0 Å². The van der Waals surface area contributed by atoms with Gasteiger partial charge in [-0.3, -0.25) is 0 Å². The van der Waals surface area contributed by atoms with Crippen molar-refractivity contribution in [2.75, 3.05) is 41.3 Å². The van der Waals surface area contributed by atoms with Crippen LogP contribution in [0.1, 0.15) is 31.7 Å². The number of β-amino-alcohol motifs (C(OH)–C–C–N with tert-alkyl or cyclic N) is 1. The van der Waals surface area contributed by atoms with E-state index in [-0.39, 0.29) is 18.3 Å². The first-order chi connectivity index (χ1) is 14.3. The Hall–Kier alpha value is -2.55. The summed E-state index contributed by atoms with van der Waals surface area (Å²) in [6, 6.07) is 7.77. The summed E-state index contributed by atoms with van der Waals surface area (Å²) in [7, 11) is 0. The third-order valence-corrected chi connectivity index (χ3v) is 5.68. The van der Waals surface area contributed by atoms with Crippen molar-refractivity contribution in [2.45, 2.75) is 38.5 Å². The molecule has 0 saturated carbocycles. The maximum atomic E-state index is 13.4. The van der Waals surface area contributed by atoms with Gasteiger partial charge in [-0.15, -0.1) is 0 Å². The van der Waals surface area contributed by atoms with Gasteiger partial charge in [-0.25, -0.2) is 4.98 Å². The minimum atomic E-state index is -4.56. The number of alkyl halides is 3. The fourth-order valence-corrected chi connectivity index (χ4v) is 4.12. The first kappa shape index (κ1) is 20.7. The van der Waals surface area contributed by atoms with Crippen molar-refractivity contribution in [3.05, 3.63) is 36.0 Å². The quantitative estimate of drug-likeness (QED) is 0.777. The molecule has 0 aliphatic carbocycles. The highest BCUT2D eigenvalue weighted by molar-refractivity contribution is 5.61. The number of piperidine rings is 1. The number of benzene rings is 1. The number of nitrogens with zero attached hydrogens (tertiary/aromatic N) is 4. The van der Waals surface area contributed by atoms with Crippen LogP contribution < -0.4 is 15.1 Å². The fourth-order valence-electron chi connectivity index (χ4n) is 4.12. The molecule has 162 valence electrons. The van der Waals surface area contributed by atoms with Crippen LogP contribution in [0.3, 0.4) is 0 Å². The molecule has 1 aromatic carbocycles. The van der Waals surface area contributed by atoms with E-state index in [9.17, 15) is 18.3 Å². The molecule has 2 aliphatic heterocycles. The molecule has 9 heteroatoms. The predicted molar refractivity (Wildman–Crippen MR) is 110 cm³/mol. The first-order valence-electron chi connectivity index (χ1n) is 10.3. The lowest BCUT2D eigenvalue weighted by molar-refractivity contribution is -0.137. The maximum absolute atomic E-state index is 13.4. The van der Waals surface area contributed by atoms with Crippen molar-refractivity contribution in [3.8, 4) is 0 Å². The molecule has 2 atom stereocenters. The summed E-state index contributed by atoms with van der Waals surface area (Å²) in [6.07, 6.45) is -1.57. The predicted octanol–water partition coefficient (Wildman–Crippen LogP) is 4.05. The Morgan fingerprint density at radius 2 is 1.83 bits per heavy atom. The normalized spacial score (nSPS) is 22.4. The summed E-state index contributed by atoms with van der Waals surface area (Å²) in [5.41, 5.74) is 0.944. The average Bonchev–Trinajstić information content (AvgIpc) is 3.14. The van der Waals surface area contributed by atoms with Crippen LogP contribution in [-0.4, -0.2) is 47.4 Å². The van der Waals surface area contributed by atoms with Gasteiger partial charge < -0.3 is 20.2 Å². The van der Waals surface area contributed by atoms with Crippen molar-refractivity contribution >= 4 is 23.1 Å². The molecule has 0 amide bonds. The molecule has 30 heavy (non-hydrogen) atoms. The lowest BCUT2D eigenvalue weighted by atomic mass is 10.00. The Kier molecular flexibility index (Phi) is 5.73. The van der Waals surface area contributed by atoms with E-state index in [1.807, 2.05) is 24.3 Å². The topological polar surface area (TPSA) is 64.5 Å². The molecule has 1 aromatic heterocycles. The van der Waals surface area contributed by atoms with Crippen molar-refractivity contribution in [1.82, 2.24) is 9.97 Å². The highest BCUT2D eigenvalue weighted by Gasteiger charge is 2.38. The van der Waals surface area contributed by atoms with Gasteiger partial charge in [-0.2, -0.15) is 18.2 Å². The van der Waals surface area contributed by atoms with E-state index in [1.165, 1.54) is 17.7 Å². The Bertz CT molecular complexity index is 874. The highest BCUT2D eigenvalue weighted by Crippen LogP contribution is 2.37. The monoisotopic (exact) mass is 421 g/mol. The van der Waals surface area contributed by atoms with Gasteiger partial charge in [0.1, 0.15) is 11.4 Å². The number of halogens is 3. The van der Waals surface area contributed by atoms with Crippen molar-refractivity contribution in [3.63, 3.8) is 0 Å². The van der Waals surface area contributed by atoms with Gasteiger partial charge in [0.2, 0.25) is 5.95 Å². The third kappa shape index (κ3) is 4.61. The lowest BCUT2D eigenvalue weighted by Gasteiger charge is -2.32.